The van der Waals surface area contributed by atoms with Crippen molar-refractivity contribution in [1.82, 2.24) is 5.32 Å². The second-order valence-electron chi connectivity index (χ2n) is 4.98. The van der Waals surface area contributed by atoms with Crippen LogP contribution in [0.25, 0.3) is 0 Å². The van der Waals surface area contributed by atoms with Crippen LogP contribution in [-0.2, 0) is 9.47 Å². The number of hydrogen-bond donors (Lipinski definition) is 1. The van der Waals surface area contributed by atoms with Gasteiger partial charge in [0.1, 0.15) is 11.4 Å². The molecular formula is C15H25NO3. The van der Waals surface area contributed by atoms with Gasteiger partial charge in [-0.25, -0.2) is 4.79 Å². The van der Waals surface area contributed by atoms with E-state index >= 15 is 0 Å². The molecule has 1 amide bonds. The van der Waals surface area contributed by atoms with Gasteiger partial charge in [-0.1, -0.05) is 24.8 Å². The van der Waals surface area contributed by atoms with Gasteiger partial charge in [-0.05, 0) is 40.2 Å². The summed E-state index contributed by atoms with van der Waals surface area (Å²) in [4.78, 5) is 11.3. The van der Waals surface area contributed by atoms with Crippen LogP contribution in [0.2, 0.25) is 0 Å². The lowest BCUT2D eigenvalue weighted by Gasteiger charge is -2.19. The molecule has 0 aliphatic carbocycles. The fourth-order valence-electron chi connectivity index (χ4n) is 1.10. The Balaban J connectivity index is 3.60. The zero-order valence-corrected chi connectivity index (χ0v) is 12.4. The minimum atomic E-state index is -0.466. The quantitative estimate of drug-likeness (QED) is 0.436. The first kappa shape index (κ1) is 17.3. The summed E-state index contributed by atoms with van der Waals surface area (Å²) in [7, 11) is 0. The van der Waals surface area contributed by atoms with E-state index in [9.17, 15) is 4.79 Å². The highest BCUT2D eigenvalue weighted by Gasteiger charge is 2.15. The largest absolute Gasteiger partial charge is 0.494 e. The van der Waals surface area contributed by atoms with Gasteiger partial charge in [0.15, 0.2) is 0 Å². The van der Waals surface area contributed by atoms with E-state index in [-0.39, 0.29) is 0 Å². The third-order valence-corrected chi connectivity index (χ3v) is 1.86. The molecule has 0 heterocycles. The van der Waals surface area contributed by atoms with E-state index in [2.05, 4.69) is 11.9 Å². The van der Waals surface area contributed by atoms with Crippen LogP contribution < -0.4 is 5.32 Å². The molecule has 4 nitrogen and oxygen atoms in total. The molecule has 0 radical (unpaired) electrons. The topological polar surface area (TPSA) is 47.6 Å². The van der Waals surface area contributed by atoms with Gasteiger partial charge < -0.3 is 14.8 Å². The smallest absolute Gasteiger partial charge is 0.407 e. The molecule has 0 aliphatic rings. The summed E-state index contributed by atoms with van der Waals surface area (Å²) in [5.41, 5.74) is -0.466. The number of nitrogens with one attached hydrogen (secondary N) is 1. The minimum Gasteiger partial charge on any atom is -0.494 e. The molecule has 0 fully saturated rings. The molecule has 0 bridgehead atoms. The van der Waals surface area contributed by atoms with Crippen LogP contribution in [-0.4, -0.2) is 24.8 Å². The van der Waals surface area contributed by atoms with Crippen molar-refractivity contribution in [2.24, 2.45) is 0 Å². The lowest BCUT2D eigenvalue weighted by atomic mass is 10.2. The number of carbonyl (C=O) groups excluding carboxylic acids is 1. The Morgan fingerprint density at radius 3 is 2.58 bits per heavy atom. The Morgan fingerprint density at radius 1 is 1.32 bits per heavy atom. The molecule has 4 heteroatoms. The van der Waals surface area contributed by atoms with Gasteiger partial charge in [0, 0.05) is 6.54 Å². The molecule has 0 aromatic heterocycles. The fraction of sp³-hybridized carbons (Fsp3) is 0.533. The summed E-state index contributed by atoms with van der Waals surface area (Å²) in [6.45, 7) is 12.2. The van der Waals surface area contributed by atoms with E-state index in [1.54, 1.807) is 6.08 Å². The molecule has 0 atom stereocenters. The predicted molar refractivity (Wildman–Crippen MR) is 77.9 cm³/mol. The maximum absolute atomic E-state index is 11.3. The number of allylic oxidation sites excluding steroid dienone is 4. The van der Waals surface area contributed by atoms with Gasteiger partial charge in [-0.15, -0.1) is 0 Å². The molecule has 0 rings (SSSR count). The van der Waals surface area contributed by atoms with Crippen LogP contribution in [0.4, 0.5) is 4.79 Å². The highest BCUT2D eigenvalue weighted by atomic mass is 16.6. The third-order valence-electron chi connectivity index (χ3n) is 1.86. The second-order valence-corrected chi connectivity index (χ2v) is 4.98. The second kappa shape index (κ2) is 9.25. The Bertz CT molecular complexity index is 338. The summed E-state index contributed by atoms with van der Waals surface area (Å²) in [5, 5.41) is 2.67. The fourth-order valence-corrected chi connectivity index (χ4v) is 1.10. The van der Waals surface area contributed by atoms with Crippen molar-refractivity contribution in [3.63, 3.8) is 0 Å². The van der Waals surface area contributed by atoms with E-state index in [1.807, 2.05) is 45.9 Å². The van der Waals surface area contributed by atoms with Crippen LogP contribution in [0, 0.1) is 0 Å². The first-order chi connectivity index (χ1) is 8.85. The van der Waals surface area contributed by atoms with Crippen molar-refractivity contribution in [2.45, 2.75) is 39.7 Å². The zero-order valence-electron chi connectivity index (χ0n) is 12.4. The highest BCUT2D eigenvalue weighted by molar-refractivity contribution is 5.67. The Labute approximate surface area is 116 Å². The normalized spacial score (nSPS) is 11.8. The van der Waals surface area contributed by atoms with Crippen LogP contribution in [0.15, 0.2) is 36.6 Å². The Morgan fingerprint density at radius 2 is 2.00 bits per heavy atom. The zero-order chi connectivity index (χ0) is 14.7. The first-order valence-corrected chi connectivity index (χ1v) is 6.43. The van der Waals surface area contributed by atoms with Gasteiger partial charge in [-0.3, -0.25) is 0 Å². The maximum Gasteiger partial charge on any atom is 0.407 e. The Kier molecular flexibility index (Phi) is 8.42. The van der Waals surface area contributed by atoms with Gasteiger partial charge in [0.05, 0.1) is 6.61 Å². The number of carbonyl (C=O) groups is 1. The van der Waals surface area contributed by atoms with E-state index in [1.165, 1.54) is 0 Å². The molecule has 0 spiro atoms. The summed E-state index contributed by atoms with van der Waals surface area (Å²) in [5.74, 6) is 0.607. The number of amides is 1. The summed E-state index contributed by atoms with van der Waals surface area (Å²) >= 11 is 0. The Hall–Kier alpha value is -1.71. The first-order valence-electron chi connectivity index (χ1n) is 6.43. The van der Waals surface area contributed by atoms with Crippen molar-refractivity contribution in [3.05, 3.63) is 36.6 Å². The van der Waals surface area contributed by atoms with E-state index in [0.717, 1.165) is 0 Å². The average Bonchev–Trinajstić information content (AvgIpc) is 2.26. The van der Waals surface area contributed by atoms with Crippen molar-refractivity contribution in [1.29, 1.82) is 0 Å². The number of alkyl carbamates (subject to hydrolysis) is 1. The number of rotatable bonds is 7. The lowest BCUT2D eigenvalue weighted by molar-refractivity contribution is 0.0524. The van der Waals surface area contributed by atoms with Crippen LogP contribution in [0.5, 0.6) is 0 Å². The number of hydrogen-bond acceptors (Lipinski definition) is 3. The molecule has 0 aliphatic heterocycles. The minimum absolute atomic E-state index is 0.403. The van der Waals surface area contributed by atoms with Crippen molar-refractivity contribution >= 4 is 6.09 Å². The standard InChI is InChI=1S/C15H25NO3/c1-6-7-8-10-13(2)18-12-9-11-16-14(17)19-15(3,4)5/h6-8,10H,2,9,11-12H2,1,3-5H3,(H,16,17)/b7-6-,10-8-. The van der Waals surface area contributed by atoms with Gasteiger partial charge in [0.2, 0.25) is 0 Å². The molecule has 0 saturated carbocycles. The highest BCUT2D eigenvalue weighted by Crippen LogP contribution is 2.06. The molecule has 19 heavy (non-hydrogen) atoms. The molecular weight excluding hydrogens is 242 g/mol. The molecule has 0 saturated heterocycles. The van der Waals surface area contributed by atoms with Crippen molar-refractivity contribution < 1.29 is 14.3 Å². The van der Waals surface area contributed by atoms with Crippen LogP contribution in [0.1, 0.15) is 34.1 Å². The van der Waals surface area contributed by atoms with Gasteiger partial charge in [-0.2, -0.15) is 0 Å². The lowest BCUT2D eigenvalue weighted by Crippen LogP contribution is -2.33. The van der Waals surface area contributed by atoms with E-state index < -0.39 is 11.7 Å². The monoisotopic (exact) mass is 267 g/mol. The summed E-state index contributed by atoms with van der Waals surface area (Å²) in [6, 6.07) is 0. The van der Waals surface area contributed by atoms with Crippen molar-refractivity contribution in [3.8, 4) is 0 Å². The van der Waals surface area contributed by atoms with Gasteiger partial charge >= 0.3 is 6.09 Å². The molecule has 108 valence electrons. The summed E-state index contributed by atoms with van der Waals surface area (Å²) < 4.78 is 10.5. The SMILES string of the molecule is C=C(/C=C\C=C/C)OCCCNC(=O)OC(C)(C)C. The van der Waals surface area contributed by atoms with Crippen LogP contribution in [0.3, 0.4) is 0 Å². The molecule has 0 unspecified atom stereocenters. The van der Waals surface area contributed by atoms with E-state index in [0.29, 0.717) is 25.3 Å². The molecule has 0 aromatic rings. The summed E-state index contributed by atoms with van der Waals surface area (Å²) in [6.07, 6.45) is 7.78. The number of ether oxygens (including phenoxy) is 2. The third kappa shape index (κ3) is 12.5. The molecule has 1 N–H and O–H groups in total. The van der Waals surface area contributed by atoms with E-state index in [4.69, 9.17) is 9.47 Å². The van der Waals surface area contributed by atoms with Crippen molar-refractivity contribution in [2.75, 3.05) is 13.2 Å². The predicted octanol–water partition coefficient (Wildman–Crippen LogP) is 3.56. The average molecular weight is 267 g/mol. The molecule has 0 aromatic carbocycles. The maximum atomic E-state index is 11.3. The van der Waals surface area contributed by atoms with Gasteiger partial charge in [0.25, 0.3) is 0 Å². The van der Waals surface area contributed by atoms with Crippen LogP contribution >= 0.6 is 0 Å².